The lowest BCUT2D eigenvalue weighted by Crippen LogP contribution is -2.05. The van der Waals surface area contributed by atoms with Gasteiger partial charge in [-0.25, -0.2) is 0 Å². The van der Waals surface area contributed by atoms with Crippen molar-refractivity contribution < 1.29 is 18.0 Å². The molecule has 0 aliphatic heterocycles. The van der Waals surface area contributed by atoms with Crippen LogP contribution in [-0.4, -0.2) is 6.21 Å². The second kappa shape index (κ2) is 6.43. The molecule has 0 aromatic heterocycles. The number of alkyl halides is 3. The average Bonchev–Trinajstić information content (AvgIpc) is 2.45. The number of nitrogens with zero attached hydrogens (tertiary/aromatic N) is 1. The van der Waals surface area contributed by atoms with Crippen LogP contribution in [-0.2, 0) is 17.6 Å². The highest BCUT2D eigenvalue weighted by atomic mass is 19.4. The molecule has 5 heteroatoms. The highest BCUT2D eigenvalue weighted by Crippen LogP contribution is 2.29. The van der Waals surface area contributed by atoms with E-state index in [2.05, 4.69) is 11.4 Å². The van der Waals surface area contributed by atoms with Crippen molar-refractivity contribution in [2.75, 3.05) is 0 Å². The fourth-order valence-electron chi connectivity index (χ4n) is 1.72. The van der Waals surface area contributed by atoms with Crippen molar-refractivity contribution in [2.45, 2.75) is 19.7 Å². The van der Waals surface area contributed by atoms with Crippen molar-refractivity contribution >= 4 is 6.21 Å². The molecule has 1 radical (unpaired) electrons. The van der Waals surface area contributed by atoms with E-state index in [0.717, 1.165) is 23.3 Å². The first-order chi connectivity index (χ1) is 9.97. The quantitative estimate of drug-likeness (QED) is 0.603. The minimum absolute atomic E-state index is 0.217. The van der Waals surface area contributed by atoms with E-state index in [-0.39, 0.29) is 12.2 Å². The Morgan fingerprint density at radius 1 is 1.10 bits per heavy atom. The smallest absolute Gasteiger partial charge is 0.390 e. The maximum atomic E-state index is 12.5. The summed E-state index contributed by atoms with van der Waals surface area (Å²) in [5.74, 6) is 0. The van der Waals surface area contributed by atoms with E-state index >= 15 is 0 Å². The molecule has 0 spiro atoms. The van der Waals surface area contributed by atoms with Crippen molar-refractivity contribution in [3.63, 3.8) is 0 Å². The SMILES string of the molecule is Cc1ccccc1CO/N=[C]\c1cccc(C(F)(F)F)c1. The Balaban J connectivity index is 1.98. The van der Waals surface area contributed by atoms with Crippen molar-refractivity contribution in [3.8, 4) is 0 Å². The van der Waals surface area contributed by atoms with Gasteiger partial charge in [-0.3, -0.25) is 0 Å². The highest BCUT2D eigenvalue weighted by Gasteiger charge is 2.30. The molecular weight excluding hydrogens is 279 g/mol. The van der Waals surface area contributed by atoms with E-state index in [1.165, 1.54) is 12.1 Å². The van der Waals surface area contributed by atoms with Gasteiger partial charge in [0.25, 0.3) is 0 Å². The summed E-state index contributed by atoms with van der Waals surface area (Å²) in [4.78, 5) is 5.06. The molecule has 0 unspecified atom stereocenters. The van der Waals surface area contributed by atoms with Gasteiger partial charge in [0.2, 0.25) is 0 Å². The van der Waals surface area contributed by atoms with E-state index in [1.54, 1.807) is 0 Å². The molecule has 0 aliphatic rings. The minimum Gasteiger partial charge on any atom is -0.390 e. The molecule has 0 bridgehead atoms. The standard InChI is InChI=1S/C16H13F3NO/c1-12-5-2-3-7-14(12)11-21-20-10-13-6-4-8-15(9-13)16(17,18)19/h2-9H,11H2,1H3. The monoisotopic (exact) mass is 292 g/mol. The number of hydrogen-bond donors (Lipinski definition) is 0. The zero-order valence-electron chi connectivity index (χ0n) is 11.3. The molecule has 2 nitrogen and oxygen atoms in total. The van der Waals surface area contributed by atoms with E-state index in [1.807, 2.05) is 31.2 Å². The van der Waals surface area contributed by atoms with Crippen LogP contribution in [0.3, 0.4) is 0 Å². The van der Waals surface area contributed by atoms with Gasteiger partial charge in [-0.15, -0.1) is 0 Å². The van der Waals surface area contributed by atoms with Gasteiger partial charge in [0, 0.05) is 5.56 Å². The number of hydrogen-bond acceptors (Lipinski definition) is 2. The van der Waals surface area contributed by atoms with E-state index < -0.39 is 11.7 Å². The van der Waals surface area contributed by atoms with Crippen molar-refractivity contribution in [3.05, 3.63) is 70.8 Å². The van der Waals surface area contributed by atoms with Crippen LogP contribution in [0.2, 0.25) is 0 Å². The zero-order valence-corrected chi connectivity index (χ0v) is 11.3. The number of benzene rings is 2. The maximum absolute atomic E-state index is 12.5. The lowest BCUT2D eigenvalue weighted by molar-refractivity contribution is -0.137. The van der Waals surface area contributed by atoms with E-state index in [9.17, 15) is 13.2 Å². The third-order valence-corrected chi connectivity index (χ3v) is 2.91. The van der Waals surface area contributed by atoms with Crippen LogP contribution in [0.5, 0.6) is 0 Å². The summed E-state index contributed by atoms with van der Waals surface area (Å²) in [5.41, 5.74) is 1.51. The Morgan fingerprint density at radius 2 is 1.86 bits per heavy atom. The zero-order chi connectivity index (χ0) is 15.3. The van der Waals surface area contributed by atoms with Crippen LogP contribution in [0, 0.1) is 6.92 Å². The lowest BCUT2D eigenvalue weighted by Gasteiger charge is -2.06. The summed E-state index contributed by atoms with van der Waals surface area (Å²) in [7, 11) is 0. The van der Waals surface area contributed by atoms with Gasteiger partial charge < -0.3 is 4.84 Å². The minimum atomic E-state index is -4.38. The van der Waals surface area contributed by atoms with Gasteiger partial charge in [-0.05, 0) is 30.2 Å². The van der Waals surface area contributed by atoms with Crippen LogP contribution in [0.4, 0.5) is 13.2 Å². The molecule has 0 saturated heterocycles. The molecule has 0 atom stereocenters. The molecule has 0 fully saturated rings. The molecule has 21 heavy (non-hydrogen) atoms. The normalized spacial score (nSPS) is 11.8. The average molecular weight is 292 g/mol. The maximum Gasteiger partial charge on any atom is 0.416 e. The fourth-order valence-corrected chi connectivity index (χ4v) is 1.72. The summed E-state index contributed by atoms with van der Waals surface area (Å²) >= 11 is 0. The van der Waals surface area contributed by atoms with Crippen LogP contribution in [0.25, 0.3) is 0 Å². The molecule has 0 amide bonds. The summed E-state index contributed by atoms with van der Waals surface area (Å²) in [6.45, 7) is 2.19. The highest BCUT2D eigenvalue weighted by molar-refractivity contribution is 5.79. The summed E-state index contributed by atoms with van der Waals surface area (Å²) in [6, 6.07) is 12.4. The van der Waals surface area contributed by atoms with Crippen LogP contribution < -0.4 is 0 Å². The van der Waals surface area contributed by atoms with Gasteiger partial charge in [0.05, 0.1) is 5.56 Å². The predicted molar refractivity (Wildman–Crippen MR) is 73.9 cm³/mol. The summed E-state index contributed by atoms with van der Waals surface area (Å²) in [6.07, 6.45) is -1.93. The second-order valence-corrected chi connectivity index (χ2v) is 4.48. The molecular formula is C16H13F3NO. The van der Waals surface area contributed by atoms with Crippen LogP contribution >= 0.6 is 0 Å². The molecule has 2 rings (SSSR count). The third kappa shape index (κ3) is 4.34. The van der Waals surface area contributed by atoms with E-state index in [0.29, 0.717) is 0 Å². The first-order valence-corrected chi connectivity index (χ1v) is 6.26. The second-order valence-electron chi connectivity index (χ2n) is 4.48. The first-order valence-electron chi connectivity index (χ1n) is 6.26. The summed E-state index contributed by atoms with van der Waals surface area (Å²) in [5, 5.41) is 3.58. The predicted octanol–water partition coefficient (Wildman–Crippen LogP) is 4.44. The third-order valence-electron chi connectivity index (χ3n) is 2.91. The first kappa shape index (κ1) is 15.1. The van der Waals surface area contributed by atoms with Crippen molar-refractivity contribution in [1.82, 2.24) is 0 Å². The molecule has 2 aromatic carbocycles. The Kier molecular flexibility index (Phi) is 4.62. The van der Waals surface area contributed by atoms with Crippen LogP contribution in [0.15, 0.2) is 53.7 Å². The molecule has 0 saturated carbocycles. The number of rotatable bonds is 4. The summed E-state index contributed by atoms with van der Waals surface area (Å²) < 4.78 is 37.6. The van der Waals surface area contributed by atoms with E-state index in [4.69, 9.17) is 4.84 Å². The van der Waals surface area contributed by atoms with Crippen molar-refractivity contribution in [2.24, 2.45) is 5.16 Å². The molecule has 0 N–H and O–H groups in total. The largest absolute Gasteiger partial charge is 0.416 e. The van der Waals surface area contributed by atoms with Gasteiger partial charge in [0.1, 0.15) is 12.8 Å². The topological polar surface area (TPSA) is 21.6 Å². The van der Waals surface area contributed by atoms with Crippen molar-refractivity contribution in [1.29, 1.82) is 0 Å². The number of halogens is 3. The van der Waals surface area contributed by atoms with Crippen LogP contribution in [0.1, 0.15) is 22.3 Å². The van der Waals surface area contributed by atoms with Gasteiger partial charge in [-0.1, -0.05) is 41.6 Å². The Bertz CT molecular complexity index is 635. The molecule has 109 valence electrons. The Labute approximate surface area is 120 Å². The van der Waals surface area contributed by atoms with Gasteiger partial charge in [-0.2, -0.15) is 13.2 Å². The number of aryl methyl sites for hydroxylation is 1. The fraction of sp³-hybridized carbons (Fsp3) is 0.188. The van der Waals surface area contributed by atoms with Gasteiger partial charge in [0.15, 0.2) is 0 Å². The lowest BCUT2D eigenvalue weighted by atomic mass is 10.1. The molecule has 2 aromatic rings. The Hall–Kier alpha value is -2.30. The Morgan fingerprint density at radius 3 is 2.57 bits per heavy atom. The molecule has 0 heterocycles. The molecule has 0 aliphatic carbocycles. The van der Waals surface area contributed by atoms with Gasteiger partial charge >= 0.3 is 6.18 Å².